The molecule has 0 saturated heterocycles. The van der Waals surface area contributed by atoms with Crippen LogP contribution in [0, 0.1) is 5.41 Å². The molecule has 0 spiro atoms. The molecule has 5 rings (SSSR count). The predicted octanol–water partition coefficient (Wildman–Crippen LogP) is 3.40. The van der Waals surface area contributed by atoms with Crippen molar-refractivity contribution < 1.29 is 18.5 Å². The third-order valence-electron chi connectivity index (χ3n) is 6.01. The summed E-state index contributed by atoms with van der Waals surface area (Å²) in [5.41, 5.74) is 4.29. The van der Waals surface area contributed by atoms with Gasteiger partial charge in [-0.3, -0.25) is 0 Å². The molecule has 178 valence electrons. The van der Waals surface area contributed by atoms with E-state index in [4.69, 9.17) is 14.6 Å². The molecule has 1 aliphatic carbocycles. The van der Waals surface area contributed by atoms with Gasteiger partial charge in [-0.05, 0) is 35.6 Å². The molecule has 11 heteroatoms. The van der Waals surface area contributed by atoms with Crippen LogP contribution in [0.2, 0.25) is 0 Å². The number of amides is 2. The van der Waals surface area contributed by atoms with Crippen LogP contribution in [0.3, 0.4) is 0 Å². The molecule has 0 fully saturated rings. The maximum absolute atomic E-state index is 13.3. The molecule has 3 N–H and O–H groups in total. The summed E-state index contributed by atoms with van der Waals surface area (Å²) in [6.45, 7) is 5.09. The third-order valence-corrected chi connectivity index (χ3v) is 7.36. The molecule has 2 aromatic heterocycles. The van der Waals surface area contributed by atoms with Gasteiger partial charge < -0.3 is 14.8 Å². The molecule has 1 atom stereocenters. The van der Waals surface area contributed by atoms with Crippen LogP contribution in [0.1, 0.15) is 25.0 Å². The lowest BCUT2D eigenvalue weighted by Crippen LogP contribution is -2.33. The van der Waals surface area contributed by atoms with E-state index in [1.165, 1.54) is 6.20 Å². The second-order valence-corrected chi connectivity index (χ2v) is 11.0. The smallest absolute Gasteiger partial charge is 0.354 e. The van der Waals surface area contributed by atoms with Crippen molar-refractivity contribution in [1.29, 1.82) is 0 Å². The number of nitrogens with zero attached hydrogens (tertiary/aromatic N) is 4. The standard InChI is InChI=1S/C23H26N6O4S/c1-23(2)12-29-21(33-13-23)18(11-26-29)34(24,31)28-22(30)27-20-16-6-4-14(16)5-7-17(20)15-8-9-25-19(10-15)32-3/h5,7-11H,4,6,12-13H2,1-3H3,(H3,24,27,28,30,31)/t34-/m1/s1. The number of anilines is 1. The van der Waals surface area contributed by atoms with Crippen LogP contribution in [0.15, 0.2) is 45.9 Å². The summed E-state index contributed by atoms with van der Waals surface area (Å²) in [4.78, 5) is 17.2. The molecule has 10 nitrogen and oxygen atoms in total. The molecule has 0 radical (unpaired) electrons. The maximum atomic E-state index is 13.3. The molecule has 3 heterocycles. The van der Waals surface area contributed by atoms with E-state index in [0.717, 1.165) is 35.1 Å². The van der Waals surface area contributed by atoms with Crippen molar-refractivity contribution in [3.63, 3.8) is 0 Å². The van der Waals surface area contributed by atoms with Gasteiger partial charge in [-0.25, -0.2) is 23.8 Å². The fraction of sp³-hybridized carbons (Fsp3) is 0.348. The third kappa shape index (κ3) is 4.01. The Balaban J connectivity index is 1.48. The first-order valence-electron chi connectivity index (χ1n) is 10.9. The number of methoxy groups -OCH3 is 1. The van der Waals surface area contributed by atoms with Crippen LogP contribution < -0.4 is 19.9 Å². The Morgan fingerprint density at radius 1 is 1.32 bits per heavy atom. The van der Waals surface area contributed by atoms with Crippen molar-refractivity contribution >= 4 is 21.6 Å². The van der Waals surface area contributed by atoms with Crippen LogP contribution >= 0.6 is 0 Å². The number of hydrogen-bond donors (Lipinski definition) is 2. The minimum atomic E-state index is -3.58. The van der Waals surface area contributed by atoms with E-state index in [9.17, 15) is 9.00 Å². The Hall–Kier alpha value is -3.44. The molecule has 3 aromatic rings. The molecule has 0 bridgehead atoms. The molecular weight excluding hydrogens is 456 g/mol. The molecule has 0 unspecified atom stereocenters. The highest BCUT2D eigenvalue weighted by Crippen LogP contribution is 2.39. The normalized spacial score (nSPS) is 17.3. The van der Waals surface area contributed by atoms with E-state index >= 15 is 0 Å². The summed E-state index contributed by atoms with van der Waals surface area (Å²) in [6, 6.07) is 6.80. The number of urea groups is 1. The zero-order valence-corrected chi connectivity index (χ0v) is 20.0. The first kappa shape index (κ1) is 22.4. The summed E-state index contributed by atoms with van der Waals surface area (Å²) >= 11 is 0. The second kappa shape index (κ2) is 8.10. The Kier molecular flexibility index (Phi) is 5.33. The van der Waals surface area contributed by atoms with Gasteiger partial charge in [-0.2, -0.15) is 5.10 Å². The maximum Gasteiger partial charge on any atom is 0.354 e. The SMILES string of the molecule is COc1cc(-c2ccc3c(c2NC(=O)N=[S@@](N)(=O)c2cnn4c2OCC(C)(C)C4)CC3)ccn1. The van der Waals surface area contributed by atoms with Crippen LogP contribution in [-0.2, 0) is 29.3 Å². The number of carbonyl (C=O) groups excluding carboxylic acids is 1. The molecule has 34 heavy (non-hydrogen) atoms. The Bertz CT molecular complexity index is 1420. The van der Waals surface area contributed by atoms with Gasteiger partial charge in [-0.1, -0.05) is 26.0 Å². The van der Waals surface area contributed by atoms with E-state index in [2.05, 4.69) is 19.8 Å². The van der Waals surface area contributed by atoms with Gasteiger partial charge in [0.15, 0.2) is 9.92 Å². The minimum absolute atomic E-state index is 0.110. The highest BCUT2D eigenvalue weighted by atomic mass is 32.2. The van der Waals surface area contributed by atoms with E-state index in [1.54, 1.807) is 24.1 Å². The number of nitrogens with one attached hydrogen (secondary N) is 1. The number of nitrogens with two attached hydrogens (primary N) is 1. The predicted molar refractivity (Wildman–Crippen MR) is 127 cm³/mol. The second-order valence-electron chi connectivity index (χ2n) is 9.23. The number of carbonyl (C=O) groups is 1. The Morgan fingerprint density at radius 2 is 2.15 bits per heavy atom. The number of rotatable bonds is 4. The van der Waals surface area contributed by atoms with E-state index in [0.29, 0.717) is 24.7 Å². The number of fused-ring (bicyclic) bond motifs is 2. The van der Waals surface area contributed by atoms with Crippen molar-refractivity contribution in [3.05, 3.63) is 47.8 Å². The van der Waals surface area contributed by atoms with Gasteiger partial charge in [0.2, 0.25) is 11.8 Å². The number of hydrogen-bond acceptors (Lipinski definition) is 6. The minimum Gasteiger partial charge on any atom is -0.481 e. The van der Waals surface area contributed by atoms with E-state index in [-0.39, 0.29) is 16.2 Å². The lowest BCUT2D eigenvalue weighted by molar-refractivity contribution is 0.0972. The van der Waals surface area contributed by atoms with Crippen molar-refractivity contribution in [2.45, 2.75) is 38.1 Å². The molecule has 0 saturated carbocycles. The average Bonchev–Trinajstić information content (AvgIpc) is 3.17. The van der Waals surface area contributed by atoms with Gasteiger partial charge in [0.1, 0.15) is 4.90 Å². The lowest BCUT2D eigenvalue weighted by atomic mass is 9.84. The summed E-state index contributed by atoms with van der Waals surface area (Å²) in [5.74, 6) is 0.748. The van der Waals surface area contributed by atoms with Crippen molar-refractivity contribution in [1.82, 2.24) is 14.8 Å². The quantitative estimate of drug-likeness (QED) is 0.585. The molecule has 2 amide bonds. The number of ether oxygens (including phenoxy) is 2. The highest BCUT2D eigenvalue weighted by Gasteiger charge is 2.32. The largest absolute Gasteiger partial charge is 0.481 e. The monoisotopic (exact) mass is 482 g/mol. The highest BCUT2D eigenvalue weighted by molar-refractivity contribution is 7.91. The van der Waals surface area contributed by atoms with Crippen LogP contribution in [0.5, 0.6) is 11.8 Å². The topological polar surface area (TPSA) is 134 Å². The van der Waals surface area contributed by atoms with Gasteiger partial charge in [0.05, 0.1) is 32.1 Å². The number of benzene rings is 1. The summed E-state index contributed by atoms with van der Waals surface area (Å²) < 4.78 is 29.7. The number of pyridine rings is 1. The Labute approximate surface area is 197 Å². The Morgan fingerprint density at radius 3 is 2.88 bits per heavy atom. The van der Waals surface area contributed by atoms with Gasteiger partial charge in [0.25, 0.3) is 0 Å². The van der Waals surface area contributed by atoms with Crippen molar-refractivity contribution in [2.24, 2.45) is 14.9 Å². The number of aromatic nitrogens is 3. The molecular formula is C23H26N6O4S. The zero-order chi connectivity index (χ0) is 24.1. The van der Waals surface area contributed by atoms with Crippen LogP contribution in [-0.4, -0.2) is 38.7 Å². The van der Waals surface area contributed by atoms with Crippen molar-refractivity contribution in [3.8, 4) is 22.9 Å². The van der Waals surface area contributed by atoms with Crippen molar-refractivity contribution in [2.75, 3.05) is 19.0 Å². The first-order chi connectivity index (χ1) is 16.2. The summed E-state index contributed by atoms with van der Waals surface area (Å²) in [6.07, 6.45) is 4.75. The average molecular weight is 483 g/mol. The molecule has 1 aromatic carbocycles. The lowest BCUT2D eigenvalue weighted by Gasteiger charge is -2.30. The van der Waals surface area contributed by atoms with Gasteiger partial charge in [-0.15, -0.1) is 4.36 Å². The van der Waals surface area contributed by atoms with E-state index in [1.807, 2.05) is 32.0 Å². The fourth-order valence-corrected chi connectivity index (χ4v) is 5.20. The van der Waals surface area contributed by atoms with E-state index < -0.39 is 15.9 Å². The van der Waals surface area contributed by atoms with Gasteiger partial charge >= 0.3 is 6.03 Å². The fourth-order valence-electron chi connectivity index (χ4n) is 4.20. The molecule has 1 aliphatic heterocycles. The van der Waals surface area contributed by atoms with Gasteiger partial charge in [0, 0.05) is 23.2 Å². The van der Waals surface area contributed by atoms with Crippen LogP contribution in [0.4, 0.5) is 10.5 Å². The molecule has 2 aliphatic rings. The number of aryl methyl sites for hydroxylation is 1. The first-order valence-corrected chi connectivity index (χ1v) is 12.4. The zero-order valence-electron chi connectivity index (χ0n) is 19.2. The summed E-state index contributed by atoms with van der Waals surface area (Å²) in [5, 5.41) is 13.1. The summed E-state index contributed by atoms with van der Waals surface area (Å²) in [7, 11) is -2.04. The van der Waals surface area contributed by atoms with Crippen LogP contribution in [0.25, 0.3) is 11.1 Å².